The fourth-order valence-corrected chi connectivity index (χ4v) is 4.55. The van der Waals surface area contributed by atoms with Crippen molar-refractivity contribution >= 4 is 45.1 Å². The summed E-state index contributed by atoms with van der Waals surface area (Å²) in [6.07, 6.45) is 5.29. The SMILES string of the molecule is Cc1cn(-c2cncc(Cn3c(-c4ccc(F)cc4)ccc(NC(=O)C(C)I)c3=O)c2)c2ccc(F)cc12. The molecule has 0 saturated heterocycles. The van der Waals surface area contributed by atoms with Gasteiger partial charge >= 0.3 is 0 Å². The highest BCUT2D eigenvalue weighted by atomic mass is 127. The second-order valence-corrected chi connectivity index (χ2v) is 10.9. The van der Waals surface area contributed by atoms with Gasteiger partial charge in [0, 0.05) is 17.8 Å². The number of pyridine rings is 2. The molecule has 0 radical (unpaired) electrons. The molecule has 2 aromatic carbocycles. The standard InChI is InChI=1S/C29H23F2IN4O2/c1-17-15-35(27-9-7-22(31)12-24(17)27)23-11-19(13-33-14-23)16-36-26(20-3-5-21(30)6-4-20)10-8-25(29(36)38)34-28(37)18(2)32/h3-15,18H,16H2,1-2H3,(H,34,37). The first-order chi connectivity index (χ1) is 18.2. The van der Waals surface area contributed by atoms with E-state index in [1.165, 1.54) is 28.8 Å². The summed E-state index contributed by atoms with van der Waals surface area (Å²) >= 11 is 1.98. The smallest absolute Gasteiger partial charge is 0.275 e. The second kappa shape index (κ2) is 10.5. The van der Waals surface area contributed by atoms with Crippen LogP contribution in [-0.4, -0.2) is 23.9 Å². The number of carbonyl (C=O) groups excluding carboxylic acids is 1. The molecule has 1 N–H and O–H groups in total. The summed E-state index contributed by atoms with van der Waals surface area (Å²) in [5, 5.41) is 3.50. The lowest BCUT2D eigenvalue weighted by molar-refractivity contribution is -0.115. The van der Waals surface area contributed by atoms with Crippen LogP contribution in [0.5, 0.6) is 0 Å². The number of rotatable bonds is 6. The highest BCUT2D eigenvalue weighted by Crippen LogP contribution is 2.26. The number of aryl methyl sites for hydroxylation is 1. The summed E-state index contributed by atoms with van der Waals surface area (Å²) in [6.45, 7) is 3.81. The Hall–Kier alpha value is -3.86. The Morgan fingerprint density at radius 2 is 1.76 bits per heavy atom. The third-order valence-electron chi connectivity index (χ3n) is 6.30. The van der Waals surface area contributed by atoms with Crippen molar-refractivity contribution in [3.63, 3.8) is 0 Å². The Balaban J connectivity index is 1.59. The maximum absolute atomic E-state index is 13.8. The Bertz CT molecular complexity index is 1730. The number of alkyl halides is 1. The van der Waals surface area contributed by atoms with Crippen LogP contribution < -0.4 is 10.9 Å². The number of hydrogen-bond acceptors (Lipinski definition) is 3. The van der Waals surface area contributed by atoms with Gasteiger partial charge in [-0.1, -0.05) is 22.6 Å². The lowest BCUT2D eigenvalue weighted by Gasteiger charge is -2.16. The highest BCUT2D eigenvalue weighted by molar-refractivity contribution is 14.1. The molecule has 38 heavy (non-hydrogen) atoms. The molecule has 0 spiro atoms. The Labute approximate surface area is 231 Å². The van der Waals surface area contributed by atoms with Gasteiger partial charge < -0.3 is 14.5 Å². The minimum atomic E-state index is -0.389. The minimum Gasteiger partial charge on any atom is -0.321 e. The quantitative estimate of drug-likeness (QED) is 0.180. The molecule has 1 atom stereocenters. The van der Waals surface area contributed by atoms with Gasteiger partial charge in [0.25, 0.3) is 5.56 Å². The predicted molar refractivity (Wildman–Crippen MR) is 153 cm³/mol. The van der Waals surface area contributed by atoms with Crippen molar-refractivity contribution in [2.24, 2.45) is 0 Å². The summed E-state index contributed by atoms with van der Waals surface area (Å²) in [4.78, 5) is 30.3. The second-order valence-electron chi connectivity index (χ2n) is 9.03. The minimum absolute atomic E-state index is 0.155. The van der Waals surface area contributed by atoms with Crippen LogP contribution in [0, 0.1) is 18.6 Å². The van der Waals surface area contributed by atoms with E-state index in [1.54, 1.807) is 49.6 Å². The number of benzene rings is 2. The average molecular weight is 624 g/mol. The molecule has 192 valence electrons. The van der Waals surface area contributed by atoms with Gasteiger partial charge in [0.1, 0.15) is 17.3 Å². The Kier molecular flexibility index (Phi) is 7.11. The number of amides is 1. The number of halogens is 3. The lowest BCUT2D eigenvalue weighted by Crippen LogP contribution is -2.29. The molecule has 0 aliphatic rings. The van der Waals surface area contributed by atoms with Crippen LogP contribution in [-0.2, 0) is 11.3 Å². The van der Waals surface area contributed by atoms with Gasteiger partial charge in [-0.05, 0) is 91.2 Å². The van der Waals surface area contributed by atoms with Gasteiger partial charge in [-0.3, -0.25) is 14.6 Å². The number of aromatic nitrogens is 3. The third-order valence-corrected chi connectivity index (χ3v) is 6.86. The van der Waals surface area contributed by atoms with E-state index in [4.69, 9.17) is 0 Å². The largest absolute Gasteiger partial charge is 0.321 e. The van der Waals surface area contributed by atoms with E-state index < -0.39 is 0 Å². The zero-order chi connectivity index (χ0) is 27.0. The molecule has 0 saturated carbocycles. The number of hydrogen-bond donors (Lipinski definition) is 1. The van der Waals surface area contributed by atoms with Crippen LogP contribution in [0.25, 0.3) is 27.8 Å². The molecule has 1 unspecified atom stereocenters. The number of fused-ring (bicyclic) bond motifs is 1. The van der Waals surface area contributed by atoms with Crippen molar-refractivity contribution < 1.29 is 13.6 Å². The molecule has 5 rings (SSSR count). The van der Waals surface area contributed by atoms with Crippen molar-refractivity contribution in [1.82, 2.24) is 14.1 Å². The summed E-state index contributed by atoms with van der Waals surface area (Å²) < 4.78 is 30.6. The van der Waals surface area contributed by atoms with E-state index in [9.17, 15) is 18.4 Å². The first kappa shape index (κ1) is 25.8. The molecule has 9 heteroatoms. The van der Waals surface area contributed by atoms with E-state index in [1.807, 2.05) is 46.3 Å². The maximum Gasteiger partial charge on any atom is 0.275 e. The molecular formula is C29H23F2IN4O2. The number of nitrogens with one attached hydrogen (secondary N) is 1. The molecule has 6 nitrogen and oxygen atoms in total. The molecule has 0 bridgehead atoms. The molecule has 5 aromatic rings. The monoisotopic (exact) mass is 624 g/mol. The predicted octanol–water partition coefficient (Wildman–Crippen LogP) is 6.25. The van der Waals surface area contributed by atoms with Crippen LogP contribution in [0.4, 0.5) is 14.5 Å². The molecule has 1 amide bonds. The first-order valence-electron chi connectivity index (χ1n) is 11.9. The summed E-state index contributed by atoms with van der Waals surface area (Å²) in [7, 11) is 0. The molecular weight excluding hydrogens is 601 g/mol. The summed E-state index contributed by atoms with van der Waals surface area (Å²) in [5.41, 5.74) is 4.24. The molecule has 0 fully saturated rings. The van der Waals surface area contributed by atoms with Crippen LogP contribution in [0.3, 0.4) is 0 Å². The van der Waals surface area contributed by atoms with Crippen molar-refractivity contribution in [2.45, 2.75) is 24.3 Å². The molecule has 0 aliphatic carbocycles. The van der Waals surface area contributed by atoms with E-state index in [-0.39, 0.29) is 39.3 Å². The van der Waals surface area contributed by atoms with Crippen molar-refractivity contribution in [2.75, 3.05) is 5.32 Å². The molecule has 3 heterocycles. The molecule has 0 aliphatic heterocycles. The normalized spacial score (nSPS) is 12.0. The molecule has 3 aromatic heterocycles. The van der Waals surface area contributed by atoms with Gasteiger partial charge in [-0.2, -0.15) is 0 Å². The lowest BCUT2D eigenvalue weighted by atomic mass is 10.1. The number of anilines is 1. The van der Waals surface area contributed by atoms with Gasteiger partial charge in [-0.25, -0.2) is 8.78 Å². The van der Waals surface area contributed by atoms with E-state index in [0.29, 0.717) is 11.3 Å². The number of nitrogens with zero attached hydrogens (tertiary/aromatic N) is 3. The van der Waals surface area contributed by atoms with Gasteiger partial charge in [0.05, 0.1) is 33.6 Å². The van der Waals surface area contributed by atoms with Crippen molar-refractivity contribution in [3.8, 4) is 16.9 Å². The fraction of sp³-hybridized carbons (Fsp3) is 0.138. The van der Waals surface area contributed by atoms with Crippen molar-refractivity contribution in [1.29, 1.82) is 0 Å². The van der Waals surface area contributed by atoms with Gasteiger partial charge in [-0.15, -0.1) is 0 Å². The van der Waals surface area contributed by atoms with E-state index >= 15 is 0 Å². The Morgan fingerprint density at radius 1 is 1.03 bits per heavy atom. The topological polar surface area (TPSA) is 68.9 Å². The third kappa shape index (κ3) is 5.10. The summed E-state index contributed by atoms with van der Waals surface area (Å²) in [5.74, 6) is -0.964. The highest BCUT2D eigenvalue weighted by Gasteiger charge is 2.16. The van der Waals surface area contributed by atoms with Crippen molar-refractivity contribution in [3.05, 3.63) is 112 Å². The van der Waals surface area contributed by atoms with Crippen LogP contribution in [0.2, 0.25) is 0 Å². The number of carbonyl (C=O) groups is 1. The van der Waals surface area contributed by atoms with Gasteiger partial charge in [0.2, 0.25) is 5.91 Å². The first-order valence-corrected chi connectivity index (χ1v) is 13.1. The fourth-order valence-electron chi connectivity index (χ4n) is 4.39. The van der Waals surface area contributed by atoms with Crippen LogP contribution >= 0.6 is 22.6 Å². The zero-order valence-corrected chi connectivity index (χ0v) is 22.7. The zero-order valence-electron chi connectivity index (χ0n) is 20.6. The van der Waals surface area contributed by atoms with Crippen LogP contribution in [0.15, 0.2) is 84.0 Å². The van der Waals surface area contributed by atoms with Gasteiger partial charge in [0.15, 0.2) is 0 Å². The Morgan fingerprint density at radius 3 is 2.50 bits per heavy atom. The maximum atomic E-state index is 13.8. The average Bonchev–Trinajstić information content (AvgIpc) is 3.22. The van der Waals surface area contributed by atoms with E-state index in [0.717, 1.165) is 27.7 Å². The van der Waals surface area contributed by atoms with Crippen LogP contribution in [0.1, 0.15) is 18.1 Å². The summed E-state index contributed by atoms with van der Waals surface area (Å²) in [6, 6.07) is 15.7. The van der Waals surface area contributed by atoms with E-state index in [2.05, 4.69) is 10.3 Å².